The van der Waals surface area contributed by atoms with Crippen molar-refractivity contribution in [3.63, 3.8) is 0 Å². The minimum atomic E-state index is -0.285. The molecule has 1 fully saturated rings. The zero-order valence-electron chi connectivity index (χ0n) is 22.0. The van der Waals surface area contributed by atoms with Crippen molar-refractivity contribution in [1.29, 1.82) is 0 Å². The van der Waals surface area contributed by atoms with Crippen molar-refractivity contribution in [2.24, 2.45) is 0 Å². The van der Waals surface area contributed by atoms with Crippen LogP contribution in [0.2, 0.25) is 0 Å². The summed E-state index contributed by atoms with van der Waals surface area (Å²) in [6, 6.07) is 26.2. The number of hydrogen-bond acceptors (Lipinski definition) is 3. The summed E-state index contributed by atoms with van der Waals surface area (Å²) in [6.07, 6.45) is 0. The number of amides is 1. The maximum absolute atomic E-state index is 14.1. The lowest BCUT2D eigenvalue weighted by Gasteiger charge is -2.28. The average Bonchev–Trinajstić information content (AvgIpc) is 3.29. The number of carbonyl (C=O) groups is 1. The van der Waals surface area contributed by atoms with E-state index in [1.165, 1.54) is 12.1 Å². The van der Waals surface area contributed by atoms with Crippen molar-refractivity contribution >= 4 is 11.6 Å². The Morgan fingerprint density at radius 1 is 0.868 bits per heavy atom. The van der Waals surface area contributed by atoms with Gasteiger partial charge in [0.15, 0.2) is 0 Å². The van der Waals surface area contributed by atoms with Gasteiger partial charge in [-0.05, 0) is 53.4 Å². The molecule has 1 saturated heterocycles. The topological polar surface area (TPSA) is 46.5 Å². The average molecular weight is 512 g/mol. The molecule has 0 atom stereocenters. The molecular weight excluding hydrogens is 477 g/mol. The molecule has 1 aromatic heterocycles. The summed E-state index contributed by atoms with van der Waals surface area (Å²) in [6.45, 7) is 9.03. The highest BCUT2D eigenvalue weighted by Crippen LogP contribution is 2.42. The fourth-order valence-corrected chi connectivity index (χ4v) is 5.27. The van der Waals surface area contributed by atoms with Crippen LogP contribution in [0.25, 0.3) is 22.4 Å². The maximum atomic E-state index is 14.1. The fourth-order valence-electron chi connectivity index (χ4n) is 5.27. The predicted octanol–water partition coefficient (Wildman–Crippen LogP) is 6.67. The monoisotopic (exact) mass is 511 g/mol. The van der Waals surface area contributed by atoms with Crippen LogP contribution >= 0.6 is 0 Å². The molecule has 1 aliphatic rings. The van der Waals surface area contributed by atoms with Crippen LogP contribution in [0.15, 0.2) is 84.9 Å². The number of morpholine rings is 1. The number of hydrogen-bond donors (Lipinski definition) is 1. The lowest BCUT2D eigenvalue weighted by Crippen LogP contribution is -2.38. The van der Waals surface area contributed by atoms with Crippen LogP contribution < -0.4 is 5.32 Å². The fraction of sp³-hybridized carbons (Fsp3) is 0.281. The molecule has 4 aromatic rings. The minimum Gasteiger partial charge on any atom is -0.379 e. The van der Waals surface area contributed by atoms with E-state index in [4.69, 9.17) is 4.74 Å². The van der Waals surface area contributed by atoms with Crippen molar-refractivity contribution in [3.05, 3.63) is 102 Å². The number of halogens is 1. The second-order valence-corrected chi connectivity index (χ2v) is 9.94. The number of rotatable bonds is 8. The number of nitrogens with zero attached hydrogens (tertiary/aromatic N) is 2. The Morgan fingerprint density at radius 2 is 1.50 bits per heavy atom. The molecule has 196 valence electrons. The molecule has 0 aliphatic carbocycles. The number of aromatic nitrogens is 1. The first kappa shape index (κ1) is 25.9. The molecule has 1 amide bonds. The first-order valence-electron chi connectivity index (χ1n) is 13.3. The Balaban J connectivity index is 1.72. The number of nitrogens with one attached hydrogen (secondary N) is 1. The third-order valence-electron chi connectivity index (χ3n) is 7.03. The highest BCUT2D eigenvalue weighted by Gasteiger charge is 2.30. The number of carbonyl (C=O) groups excluding carboxylic acids is 1. The molecule has 38 heavy (non-hydrogen) atoms. The normalized spacial score (nSPS) is 14.1. The first-order valence-corrected chi connectivity index (χ1v) is 13.3. The van der Waals surface area contributed by atoms with Gasteiger partial charge >= 0.3 is 0 Å². The van der Waals surface area contributed by atoms with Gasteiger partial charge in [0.25, 0.3) is 5.91 Å². The van der Waals surface area contributed by atoms with E-state index in [1.54, 1.807) is 0 Å². The van der Waals surface area contributed by atoms with Gasteiger partial charge in [0.05, 0.1) is 24.5 Å². The highest BCUT2D eigenvalue weighted by molar-refractivity contribution is 6.12. The van der Waals surface area contributed by atoms with Crippen molar-refractivity contribution in [3.8, 4) is 22.4 Å². The van der Waals surface area contributed by atoms with Gasteiger partial charge < -0.3 is 14.6 Å². The van der Waals surface area contributed by atoms with E-state index < -0.39 is 0 Å². The molecule has 5 rings (SSSR count). The van der Waals surface area contributed by atoms with Crippen molar-refractivity contribution in [1.82, 2.24) is 9.47 Å². The Bertz CT molecular complexity index is 1360. The van der Waals surface area contributed by atoms with Crippen molar-refractivity contribution in [2.45, 2.75) is 26.3 Å². The molecular formula is C32H34FN3O2. The zero-order valence-corrected chi connectivity index (χ0v) is 22.0. The van der Waals surface area contributed by atoms with E-state index in [1.807, 2.05) is 72.8 Å². The van der Waals surface area contributed by atoms with Crippen LogP contribution in [-0.2, 0) is 11.3 Å². The molecule has 3 aromatic carbocycles. The summed E-state index contributed by atoms with van der Waals surface area (Å²) >= 11 is 0. The van der Waals surface area contributed by atoms with E-state index in [0.29, 0.717) is 12.1 Å². The lowest BCUT2D eigenvalue weighted by molar-refractivity contribution is 0.0363. The highest BCUT2D eigenvalue weighted by atomic mass is 19.1. The number of para-hydroxylation sites is 1. The van der Waals surface area contributed by atoms with Gasteiger partial charge in [0.1, 0.15) is 5.82 Å². The third kappa shape index (κ3) is 5.57. The summed E-state index contributed by atoms with van der Waals surface area (Å²) < 4.78 is 21.8. The molecule has 0 radical (unpaired) electrons. The molecule has 1 aliphatic heterocycles. The quantitative estimate of drug-likeness (QED) is 0.287. The van der Waals surface area contributed by atoms with Gasteiger partial charge in [-0.1, -0.05) is 62.4 Å². The number of ether oxygens (including phenoxy) is 1. The summed E-state index contributed by atoms with van der Waals surface area (Å²) in [5, 5.41) is 3.13. The van der Waals surface area contributed by atoms with E-state index in [-0.39, 0.29) is 17.6 Å². The summed E-state index contributed by atoms with van der Waals surface area (Å²) in [4.78, 5) is 16.5. The third-order valence-corrected chi connectivity index (χ3v) is 7.03. The van der Waals surface area contributed by atoms with Crippen LogP contribution in [0.3, 0.4) is 0 Å². The molecule has 6 heteroatoms. The van der Waals surface area contributed by atoms with Gasteiger partial charge in [-0.2, -0.15) is 0 Å². The predicted molar refractivity (Wildman–Crippen MR) is 151 cm³/mol. The van der Waals surface area contributed by atoms with E-state index >= 15 is 0 Å². The molecule has 2 heterocycles. The van der Waals surface area contributed by atoms with Crippen LogP contribution in [0.5, 0.6) is 0 Å². The molecule has 0 bridgehead atoms. The molecule has 0 spiro atoms. The summed E-state index contributed by atoms with van der Waals surface area (Å²) in [5.41, 5.74) is 6.03. The Hall–Kier alpha value is -3.74. The lowest BCUT2D eigenvalue weighted by atomic mass is 9.94. The molecule has 0 saturated carbocycles. The first-order chi connectivity index (χ1) is 18.5. The second kappa shape index (κ2) is 11.8. The zero-order chi connectivity index (χ0) is 26.5. The standard InChI is InChI=1S/C32H34FN3O2/c1-23(2)30-29(32(37)34-27-11-7-4-8-12-27)28(24-9-5-3-6-10-24)31(25-13-15-26(33)16-14-25)36(30)18-17-35-19-21-38-22-20-35/h3-16,23H,17-22H2,1-2H3,(H,34,37). The van der Waals surface area contributed by atoms with Gasteiger partial charge in [0.2, 0.25) is 0 Å². The Labute approximate surface area is 223 Å². The van der Waals surface area contributed by atoms with Crippen molar-refractivity contribution < 1.29 is 13.9 Å². The van der Waals surface area contributed by atoms with Crippen molar-refractivity contribution in [2.75, 3.05) is 38.2 Å². The molecule has 5 nitrogen and oxygen atoms in total. The maximum Gasteiger partial charge on any atom is 0.258 e. The Morgan fingerprint density at radius 3 is 2.13 bits per heavy atom. The van der Waals surface area contributed by atoms with Gasteiger partial charge in [0, 0.05) is 43.1 Å². The number of benzene rings is 3. The van der Waals surface area contributed by atoms with Crippen LogP contribution in [0.1, 0.15) is 35.8 Å². The second-order valence-electron chi connectivity index (χ2n) is 9.94. The van der Waals surface area contributed by atoms with E-state index in [2.05, 4.69) is 28.6 Å². The SMILES string of the molecule is CC(C)c1c(C(=O)Nc2ccccc2)c(-c2ccccc2)c(-c2ccc(F)cc2)n1CCN1CCOCC1. The van der Waals surface area contributed by atoms with Crippen LogP contribution in [-0.4, -0.2) is 48.2 Å². The number of anilines is 1. The molecule has 0 unspecified atom stereocenters. The van der Waals surface area contributed by atoms with E-state index in [9.17, 15) is 9.18 Å². The minimum absolute atomic E-state index is 0.0767. The van der Waals surface area contributed by atoms with E-state index in [0.717, 1.165) is 66.6 Å². The van der Waals surface area contributed by atoms with Gasteiger partial charge in [-0.15, -0.1) is 0 Å². The largest absolute Gasteiger partial charge is 0.379 e. The van der Waals surface area contributed by atoms with Gasteiger partial charge in [-0.25, -0.2) is 4.39 Å². The van der Waals surface area contributed by atoms with Crippen LogP contribution in [0.4, 0.5) is 10.1 Å². The smallest absolute Gasteiger partial charge is 0.258 e. The Kier molecular flexibility index (Phi) is 8.01. The summed E-state index contributed by atoms with van der Waals surface area (Å²) in [5.74, 6) is -0.354. The van der Waals surface area contributed by atoms with Crippen LogP contribution in [0, 0.1) is 5.82 Å². The summed E-state index contributed by atoms with van der Waals surface area (Å²) in [7, 11) is 0. The van der Waals surface area contributed by atoms with Gasteiger partial charge in [-0.3, -0.25) is 9.69 Å². The molecule has 1 N–H and O–H groups in total.